The Hall–Kier alpha value is 0.290. The maximum absolute atomic E-state index is 6.38. The summed E-state index contributed by atoms with van der Waals surface area (Å²) in [6.07, 6.45) is 3.45. The molecule has 0 amide bonds. The second-order valence-corrected chi connectivity index (χ2v) is 5.50. The van der Waals surface area contributed by atoms with Crippen molar-refractivity contribution in [1.29, 1.82) is 0 Å². The van der Waals surface area contributed by atoms with Crippen LogP contribution in [-0.4, -0.2) is 4.87 Å². The molecule has 0 fully saturated rings. The van der Waals surface area contributed by atoms with Gasteiger partial charge in [0, 0.05) is 4.87 Å². The van der Waals surface area contributed by atoms with Gasteiger partial charge in [-0.1, -0.05) is 34.1 Å². The highest BCUT2D eigenvalue weighted by Crippen LogP contribution is 2.31. The van der Waals surface area contributed by atoms with Crippen LogP contribution in [0.2, 0.25) is 0 Å². The Bertz CT molecular complexity index is 116. The second-order valence-electron chi connectivity index (χ2n) is 4.59. The third-order valence-electron chi connectivity index (χ3n) is 2.66. The molecule has 12 heavy (non-hydrogen) atoms. The van der Waals surface area contributed by atoms with Crippen LogP contribution in [0.25, 0.3) is 0 Å². The number of halogens is 1. The largest absolute Gasteiger partial charge is 0.120 e. The summed E-state index contributed by atoms with van der Waals surface area (Å²) < 4.78 is 0. The van der Waals surface area contributed by atoms with Crippen LogP contribution in [0.4, 0.5) is 0 Å². The summed E-state index contributed by atoms with van der Waals surface area (Å²) >= 11 is 6.38. The molecule has 0 rings (SSSR count). The van der Waals surface area contributed by atoms with Gasteiger partial charge in [-0.25, -0.2) is 0 Å². The summed E-state index contributed by atoms with van der Waals surface area (Å²) in [6, 6.07) is 0. The minimum atomic E-state index is 0.0262. The van der Waals surface area contributed by atoms with Crippen molar-refractivity contribution in [1.82, 2.24) is 0 Å². The first-order valence-electron chi connectivity index (χ1n) is 5.08. The predicted octanol–water partition coefficient (Wildman–Crippen LogP) is 4.47. The van der Waals surface area contributed by atoms with E-state index in [9.17, 15) is 0 Å². The summed E-state index contributed by atoms with van der Waals surface area (Å²) in [5.41, 5.74) is 0. The van der Waals surface area contributed by atoms with Crippen molar-refractivity contribution in [2.75, 3.05) is 0 Å². The molecule has 0 aromatic carbocycles. The number of rotatable bonds is 5. The summed E-state index contributed by atoms with van der Waals surface area (Å²) in [6.45, 7) is 11.2. The predicted molar refractivity (Wildman–Crippen MR) is 57.8 cm³/mol. The van der Waals surface area contributed by atoms with E-state index in [1.807, 2.05) is 0 Å². The second kappa shape index (κ2) is 5.11. The zero-order valence-corrected chi connectivity index (χ0v) is 9.91. The van der Waals surface area contributed by atoms with Crippen molar-refractivity contribution in [2.45, 2.75) is 58.8 Å². The van der Waals surface area contributed by atoms with Gasteiger partial charge in [-0.05, 0) is 31.6 Å². The molecule has 0 bridgehead atoms. The molecule has 0 heterocycles. The Morgan fingerprint density at radius 1 is 1.25 bits per heavy atom. The molecule has 1 heteroatoms. The summed E-state index contributed by atoms with van der Waals surface area (Å²) in [4.78, 5) is 0.0262. The molecular formula is C11H23Cl. The molecule has 0 aliphatic rings. The van der Waals surface area contributed by atoms with E-state index in [1.165, 1.54) is 6.42 Å². The molecule has 0 aliphatic heterocycles. The minimum absolute atomic E-state index is 0.0262. The molecule has 0 N–H and O–H groups in total. The van der Waals surface area contributed by atoms with Crippen molar-refractivity contribution < 1.29 is 0 Å². The number of hydrogen-bond acceptors (Lipinski definition) is 0. The van der Waals surface area contributed by atoms with Gasteiger partial charge < -0.3 is 0 Å². The molecule has 2 unspecified atom stereocenters. The lowest BCUT2D eigenvalue weighted by Crippen LogP contribution is -2.22. The third-order valence-corrected chi connectivity index (χ3v) is 3.00. The van der Waals surface area contributed by atoms with E-state index in [0.717, 1.165) is 24.7 Å². The quantitative estimate of drug-likeness (QED) is 0.562. The fourth-order valence-electron chi connectivity index (χ4n) is 1.53. The van der Waals surface area contributed by atoms with E-state index in [-0.39, 0.29) is 4.87 Å². The highest BCUT2D eigenvalue weighted by molar-refractivity contribution is 6.23. The van der Waals surface area contributed by atoms with E-state index in [0.29, 0.717) is 0 Å². The SMILES string of the molecule is CCCC(C)(Cl)CC(C)C(C)C. The Balaban J connectivity index is 3.87. The van der Waals surface area contributed by atoms with E-state index in [2.05, 4.69) is 34.6 Å². The average Bonchev–Trinajstić information content (AvgIpc) is 1.85. The van der Waals surface area contributed by atoms with Crippen LogP contribution < -0.4 is 0 Å². The first kappa shape index (κ1) is 12.3. The summed E-state index contributed by atoms with van der Waals surface area (Å²) in [5, 5.41) is 0. The topological polar surface area (TPSA) is 0 Å². The Morgan fingerprint density at radius 3 is 2.08 bits per heavy atom. The monoisotopic (exact) mass is 190 g/mol. The van der Waals surface area contributed by atoms with Crippen molar-refractivity contribution >= 4 is 11.6 Å². The molecule has 0 aromatic heterocycles. The zero-order valence-electron chi connectivity index (χ0n) is 9.15. The Kier molecular flexibility index (Phi) is 5.24. The van der Waals surface area contributed by atoms with Gasteiger partial charge in [-0.15, -0.1) is 11.6 Å². The maximum atomic E-state index is 6.38. The first-order valence-corrected chi connectivity index (χ1v) is 5.45. The molecule has 2 atom stereocenters. The molecule has 0 aromatic rings. The fourth-order valence-corrected chi connectivity index (χ4v) is 1.96. The van der Waals surface area contributed by atoms with Gasteiger partial charge in [0.2, 0.25) is 0 Å². The molecular weight excluding hydrogens is 168 g/mol. The molecule has 0 radical (unpaired) electrons. The van der Waals surface area contributed by atoms with Crippen LogP contribution in [0.1, 0.15) is 53.9 Å². The van der Waals surface area contributed by atoms with Crippen molar-refractivity contribution in [3.8, 4) is 0 Å². The van der Waals surface area contributed by atoms with Gasteiger partial charge in [0.1, 0.15) is 0 Å². The standard InChI is InChI=1S/C11H23Cl/c1-6-7-11(5,12)8-10(4)9(2)3/h9-10H,6-8H2,1-5H3. The van der Waals surface area contributed by atoms with Gasteiger partial charge in [0.25, 0.3) is 0 Å². The maximum Gasteiger partial charge on any atom is 0.0421 e. The van der Waals surface area contributed by atoms with E-state index in [4.69, 9.17) is 11.6 Å². The summed E-state index contributed by atoms with van der Waals surface area (Å²) in [7, 11) is 0. The van der Waals surface area contributed by atoms with Crippen molar-refractivity contribution in [3.05, 3.63) is 0 Å². The number of alkyl halides is 1. The average molecular weight is 191 g/mol. The van der Waals surface area contributed by atoms with E-state index >= 15 is 0 Å². The fraction of sp³-hybridized carbons (Fsp3) is 1.00. The van der Waals surface area contributed by atoms with Gasteiger partial charge in [0.15, 0.2) is 0 Å². The molecule has 74 valence electrons. The molecule has 0 spiro atoms. The third kappa shape index (κ3) is 5.03. The van der Waals surface area contributed by atoms with Crippen LogP contribution in [-0.2, 0) is 0 Å². The molecule has 0 saturated carbocycles. The van der Waals surface area contributed by atoms with Crippen LogP contribution in [0.3, 0.4) is 0 Å². The van der Waals surface area contributed by atoms with Crippen molar-refractivity contribution in [3.63, 3.8) is 0 Å². The van der Waals surface area contributed by atoms with Crippen molar-refractivity contribution in [2.24, 2.45) is 11.8 Å². The zero-order chi connectivity index (χ0) is 9.78. The van der Waals surface area contributed by atoms with Gasteiger partial charge in [-0.2, -0.15) is 0 Å². The van der Waals surface area contributed by atoms with E-state index in [1.54, 1.807) is 0 Å². The van der Waals surface area contributed by atoms with Crippen LogP contribution >= 0.6 is 11.6 Å². The normalized spacial score (nSPS) is 19.2. The lowest BCUT2D eigenvalue weighted by molar-refractivity contribution is 0.337. The van der Waals surface area contributed by atoms with Crippen LogP contribution in [0, 0.1) is 11.8 Å². The lowest BCUT2D eigenvalue weighted by Gasteiger charge is -2.27. The molecule has 0 saturated heterocycles. The molecule has 0 aliphatic carbocycles. The van der Waals surface area contributed by atoms with Gasteiger partial charge in [-0.3, -0.25) is 0 Å². The highest BCUT2D eigenvalue weighted by atomic mass is 35.5. The van der Waals surface area contributed by atoms with Crippen LogP contribution in [0.5, 0.6) is 0 Å². The first-order chi connectivity index (χ1) is 5.39. The number of hydrogen-bond donors (Lipinski definition) is 0. The van der Waals surface area contributed by atoms with Gasteiger partial charge in [0.05, 0.1) is 0 Å². The lowest BCUT2D eigenvalue weighted by atomic mass is 9.86. The summed E-state index contributed by atoms with van der Waals surface area (Å²) in [5.74, 6) is 1.49. The highest BCUT2D eigenvalue weighted by Gasteiger charge is 2.23. The van der Waals surface area contributed by atoms with E-state index < -0.39 is 0 Å². The Morgan fingerprint density at radius 2 is 1.75 bits per heavy atom. The minimum Gasteiger partial charge on any atom is -0.120 e. The molecule has 0 nitrogen and oxygen atoms in total. The van der Waals surface area contributed by atoms with Crippen LogP contribution in [0.15, 0.2) is 0 Å². The smallest absolute Gasteiger partial charge is 0.0421 e. The van der Waals surface area contributed by atoms with Gasteiger partial charge >= 0.3 is 0 Å². The Labute approximate surface area is 82.7 Å².